The number of benzene rings is 11. The van der Waals surface area contributed by atoms with E-state index >= 15 is 0 Å². The summed E-state index contributed by atoms with van der Waals surface area (Å²) in [5.41, 5.74) is 31.7. The van der Waals surface area contributed by atoms with E-state index in [4.69, 9.17) is 0 Å². The Morgan fingerprint density at radius 1 is 0.271 bits per heavy atom. The van der Waals surface area contributed by atoms with Crippen molar-refractivity contribution in [2.24, 2.45) is 0 Å². The van der Waals surface area contributed by atoms with Crippen molar-refractivity contribution in [2.75, 3.05) is 19.6 Å². The van der Waals surface area contributed by atoms with Crippen molar-refractivity contribution in [2.45, 2.75) is 73.3 Å². The van der Waals surface area contributed by atoms with E-state index in [2.05, 4.69) is 336 Å². The van der Waals surface area contributed by atoms with Crippen LogP contribution in [0.3, 0.4) is 0 Å². The molecular weight excluding hydrogens is 1030 g/mol. The number of hydrogen-bond acceptors (Lipinski definition) is 4. The van der Waals surface area contributed by atoms with Gasteiger partial charge in [-0.3, -0.25) is 0 Å². The van der Waals surface area contributed by atoms with Crippen LogP contribution in [0.15, 0.2) is 266 Å². The molecule has 3 aliphatic carbocycles. The van der Waals surface area contributed by atoms with E-state index in [0.717, 1.165) is 57.6 Å². The molecule has 0 aromatic heterocycles. The smallest absolute Gasteiger partial charge is 0.0691 e. The zero-order valence-corrected chi connectivity index (χ0v) is 49.9. The van der Waals surface area contributed by atoms with Crippen LogP contribution in [0.25, 0.3) is 16.7 Å². The number of nitrogens with zero attached hydrogens (tertiary/aromatic N) is 4. The van der Waals surface area contributed by atoms with Gasteiger partial charge in [0.15, 0.2) is 0 Å². The number of anilines is 11. The van der Waals surface area contributed by atoms with Gasteiger partial charge < -0.3 is 19.6 Å². The molecule has 0 N–H and O–H groups in total. The largest absolute Gasteiger partial charge is 0.334 e. The molecule has 0 saturated heterocycles. The first kappa shape index (κ1) is 53.1. The Morgan fingerprint density at radius 3 is 0.788 bits per heavy atom. The fourth-order valence-electron chi connectivity index (χ4n) is 13.5. The predicted molar refractivity (Wildman–Crippen MR) is 360 cm³/mol. The van der Waals surface area contributed by atoms with Crippen molar-refractivity contribution in [1.29, 1.82) is 0 Å². The second-order valence-electron chi connectivity index (χ2n) is 24.0. The van der Waals surface area contributed by atoms with Gasteiger partial charge in [-0.2, -0.15) is 0 Å². The number of allylic oxidation sites excluding steroid dienone is 2. The van der Waals surface area contributed by atoms with Gasteiger partial charge in [0.25, 0.3) is 0 Å². The minimum Gasteiger partial charge on any atom is -0.334 e. The van der Waals surface area contributed by atoms with Gasteiger partial charge >= 0.3 is 0 Å². The first-order valence-corrected chi connectivity index (χ1v) is 30.0. The predicted octanol–water partition coefficient (Wildman–Crippen LogP) is 21.8. The van der Waals surface area contributed by atoms with E-state index in [1.807, 2.05) is 0 Å². The lowest BCUT2D eigenvalue weighted by molar-refractivity contribution is 0.663. The maximum atomic E-state index is 2.58. The number of hydrogen-bond donors (Lipinski definition) is 0. The number of aryl methyl sites for hydroxylation is 8. The van der Waals surface area contributed by atoms with Crippen LogP contribution in [-0.2, 0) is 5.41 Å². The minimum absolute atomic E-state index is 0.0291. The molecule has 1 atom stereocenters. The third kappa shape index (κ3) is 9.43. The molecule has 4 nitrogen and oxygen atoms in total. The molecule has 0 amide bonds. The average molecular weight is 1100 g/mol. The Hall–Kier alpha value is -9.90. The van der Waals surface area contributed by atoms with Gasteiger partial charge in [0, 0.05) is 62.6 Å². The molecule has 4 heteroatoms. The van der Waals surface area contributed by atoms with Gasteiger partial charge in [0.1, 0.15) is 0 Å². The van der Waals surface area contributed by atoms with Gasteiger partial charge in [-0.25, -0.2) is 0 Å². The molecule has 0 fully saturated rings. The monoisotopic (exact) mass is 1100 g/mol. The Labute approximate surface area is 502 Å². The molecule has 85 heavy (non-hydrogen) atoms. The second-order valence-corrected chi connectivity index (χ2v) is 24.0. The van der Waals surface area contributed by atoms with E-state index in [1.54, 1.807) is 0 Å². The molecule has 0 radical (unpaired) electrons. The number of rotatable bonds is 12. The van der Waals surface area contributed by atoms with Gasteiger partial charge in [0.05, 0.1) is 11.5 Å². The van der Waals surface area contributed by atoms with E-state index in [-0.39, 0.29) is 6.04 Å². The number of fused-ring (bicyclic) bond motifs is 9. The maximum absolute atomic E-state index is 2.58. The van der Waals surface area contributed by atoms with E-state index in [1.165, 1.54) is 100 Å². The first-order valence-electron chi connectivity index (χ1n) is 30.0. The first-order chi connectivity index (χ1) is 41.4. The van der Waals surface area contributed by atoms with Crippen LogP contribution in [0.5, 0.6) is 0 Å². The fraction of sp³-hybridized carbons (Fsp3) is 0.136. The summed E-state index contributed by atoms with van der Waals surface area (Å²) in [6, 6.07) is 94.3. The molecule has 0 heterocycles. The van der Waals surface area contributed by atoms with Gasteiger partial charge in [-0.05, 0) is 240 Å². The molecule has 11 aromatic carbocycles. The lowest BCUT2D eigenvalue weighted by Gasteiger charge is -2.40. The molecule has 1 spiro atoms. The Morgan fingerprint density at radius 2 is 0.506 bits per heavy atom. The highest BCUT2D eigenvalue weighted by Crippen LogP contribution is 2.66. The second kappa shape index (κ2) is 21.4. The van der Waals surface area contributed by atoms with Gasteiger partial charge in [-0.15, -0.1) is 0 Å². The van der Waals surface area contributed by atoms with Crippen LogP contribution >= 0.6 is 0 Å². The van der Waals surface area contributed by atoms with E-state index in [9.17, 15) is 0 Å². The molecule has 14 rings (SSSR count). The highest BCUT2D eigenvalue weighted by atomic mass is 15.2. The molecule has 1 unspecified atom stereocenters. The lowest BCUT2D eigenvalue weighted by atomic mass is 9.67. The summed E-state index contributed by atoms with van der Waals surface area (Å²) in [5, 5.41) is 0. The van der Waals surface area contributed by atoms with Crippen molar-refractivity contribution >= 4 is 68.1 Å². The Balaban J connectivity index is 1.07. The summed E-state index contributed by atoms with van der Waals surface area (Å²) >= 11 is 0. The summed E-state index contributed by atoms with van der Waals surface area (Å²) in [7, 11) is 0. The van der Waals surface area contributed by atoms with Crippen molar-refractivity contribution in [1.82, 2.24) is 0 Å². The van der Waals surface area contributed by atoms with Crippen molar-refractivity contribution < 1.29 is 0 Å². The van der Waals surface area contributed by atoms with E-state index in [0.29, 0.717) is 0 Å². The van der Waals surface area contributed by atoms with Crippen LogP contribution in [0, 0.1) is 55.4 Å². The molecule has 3 aliphatic rings. The van der Waals surface area contributed by atoms with Crippen LogP contribution in [0.2, 0.25) is 0 Å². The van der Waals surface area contributed by atoms with Gasteiger partial charge in [-0.1, -0.05) is 172 Å². The quantitative estimate of drug-likeness (QED) is 0.121. The molecule has 0 aliphatic heterocycles. The maximum Gasteiger partial charge on any atom is 0.0691 e. The summed E-state index contributed by atoms with van der Waals surface area (Å²) in [6.07, 6.45) is 5.73. The summed E-state index contributed by atoms with van der Waals surface area (Å²) < 4.78 is 0. The third-order valence-electron chi connectivity index (χ3n) is 18.0. The summed E-state index contributed by atoms with van der Waals surface area (Å²) in [6.45, 7) is 17.4. The summed E-state index contributed by atoms with van der Waals surface area (Å²) in [5.74, 6) is 0. The van der Waals surface area contributed by atoms with Crippen LogP contribution in [0.4, 0.5) is 62.6 Å². The molecule has 0 bridgehead atoms. The highest BCUT2D eigenvalue weighted by molar-refractivity contribution is 6.00. The zero-order valence-electron chi connectivity index (χ0n) is 49.9. The average Bonchev–Trinajstić information content (AvgIpc) is 1.60. The molecule has 414 valence electrons. The Kier molecular flexibility index (Phi) is 13.4. The summed E-state index contributed by atoms with van der Waals surface area (Å²) in [4.78, 5) is 9.94. The van der Waals surface area contributed by atoms with Crippen molar-refractivity contribution in [3.63, 3.8) is 0 Å². The van der Waals surface area contributed by atoms with Crippen molar-refractivity contribution in [3.05, 3.63) is 333 Å². The normalized spacial score (nSPS) is 14.2. The minimum atomic E-state index is -0.767. The van der Waals surface area contributed by atoms with Crippen LogP contribution in [0.1, 0.15) is 73.2 Å². The standard InChI is InChI=1S/C81H70N4/c1-53-9-25-61(26-10-53)82(62-27-11-54(2)12-28-62)69-41-45-73-74-46-42-70(83(63-29-13-55(3)14-30-63)64-31-15-56(4)16-32-64)50-78(74)81(77(73)49-69)79-51-71(84(65-33-17-57(5)18-34-65)66-35-19-58(6)20-36-66)43-47-75(79)76-48-44-72(52-80(76)81)85(67-37-21-59(7)22-38-67)68-39-23-60(8)24-40-68/h9-51,72H,52H2,1-8H3. The van der Waals surface area contributed by atoms with Crippen molar-refractivity contribution in [3.8, 4) is 11.1 Å². The SMILES string of the molecule is Cc1ccc(N(c2ccc(C)cc2)c2ccc3c(c2)C2(C4=C3C=CC(N(c3ccc(C)cc3)c3ccc(C)cc3)C4)c3cc(N(c4ccc(C)cc4)c4ccc(C)cc4)ccc3-c3ccc(N(c4ccc(C)cc4)c4ccc(C)cc4)cc32)cc1. The van der Waals surface area contributed by atoms with E-state index < -0.39 is 5.41 Å². The van der Waals surface area contributed by atoms with Crippen LogP contribution in [-0.4, -0.2) is 6.04 Å². The molecule has 11 aromatic rings. The lowest BCUT2D eigenvalue weighted by Crippen LogP contribution is -2.36. The fourth-order valence-corrected chi connectivity index (χ4v) is 13.5. The Bertz CT molecular complexity index is 4030. The molecule has 0 saturated carbocycles. The molecular formula is C81H70N4. The zero-order chi connectivity index (χ0) is 58.1. The van der Waals surface area contributed by atoms with Crippen LogP contribution < -0.4 is 19.6 Å². The highest BCUT2D eigenvalue weighted by Gasteiger charge is 2.54. The third-order valence-corrected chi connectivity index (χ3v) is 18.0. The topological polar surface area (TPSA) is 13.0 Å². The van der Waals surface area contributed by atoms with Gasteiger partial charge in [0.2, 0.25) is 0 Å².